The number of nitriles is 1. The number of morpholine rings is 1. The first kappa shape index (κ1) is 28.5. The molecule has 3 aliphatic rings. The van der Waals surface area contributed by atoms with Crippen LogP contribution < -0.4 is 14.5 Å². The Morgan fingerprint density at radius 3 is 2.64 bits per heavy atom. The highest BCUT2D eigenvalue weighted by Crippen LogP contribution is 2.35. The quantitative estimate of drug-likeness (QED) is 0.444. The number of sulfonamides is 1. The average molecular weight is 613 g/mol. The average Bonchev–Trinajstić information content (AvgIpc) is 3.64. The number of halogens is 1. The number of rotatable bonds is 6. The highest BCUT2D eigenvalue weighted by molar-refractivity contribution is 7.92. The van der Waals surface area contributed by atoms with E-state index in [0.717, 1.165) is 49.4 Å². The van der Waals surface area contributed by atoms with Crippen LogP contribution >= 0.6 is 11.6 Å². The van der Waals surface area contributed by atoms with E-state index in [1.807, 2.05) is 16.6 Å². The largest absolute Gasteiger partial charge is 0.378 e. The van der Waals surface area contributed by atoms with Crippen LogP contribution in [0.5, 0.6) is 0 Å². The summed E-state index contributed by atoms with van der Waals surface area (Å²) in [5.74, 6) is 1.37. The lowest BCUT2D eigenvalue weighted by Gasteiger charge is -2.35. The van der Waals surface area contributed by atoms with Gasteiger partial charge in [-0.15, -0.1) is 0 Å². The number of hydrogen-bond donors (Lipinski definition) is 1. The number of ether oxygens (including phenoxy) is 1. The minimum Gasteiger partial charge on any atom is -0.378 e. The number of anilines is 3. The van der Waals surface area contributed by atoms with Gasteiger partial charge in [-0.25, -0.2) is 13.4 Å². The molecule has 14 heteroatoms. The van der Waals surface area contributed by atoms with E-state index in [1.54, 1.807) is 11.0 Å². The maximum Gasteiger partial charge on any atom is 0.256 e. The second-order valence-electron chi connectivity index (χ2n) is 11.0. The van der Waals surface area contributed by atoms with Crippen molar-refractivity contribution in [1.29, 1.82) is 5.26 Å². The molecule has 3 saturated heterocycles. The summed E-state index contributed by atoms with van der Waals surface area (Å²) in [7, 11) is -3.61. The van der Waals surface area contributed by atoms with Crippen LogP contribution in [-0.4, -0.2) is 86.0 Å². The van der Waals surface area contributed by atoms with Gasteiger partial charge in [0.2, 0.25) is 10.0 Å². The van der Waals surface area contributed by atoms with Crippen molar-refractivity contribution in [2.45, 2.75) is 31.7 Å². The number of aromatic nitrogens is 3. The SMILES string of the molecule is CS(=O)(=O)Nc1ccc(Cl)cc1C(=O)N1CCCC[C@H]1c1cc2nc(N3CC[C@@H](C#N)C3)cc(N3CCOCC3)n2n1. The third kappa shape index (κ3) is 5.84. The van der Waals surface area contributed by atoms with E-state index in [2.05, 4.69) is 20.6 Å². The van der Waals surface area contributed by atoms with E-state index in [0.29, 0.717) is 56.5 Å². The minimum absolute atomic E-state index is 0.0225. The normalized spacial score (nSPS) is 21.5. The van der Waals surface area contributed by atoms with Crippen molar-refractivity contribution in [2.75, 3.05) is 66.7 Å². The molecule has 0 radical (unpaired) electrons. The number of hydrogen-bond acceptors (Lipinski definition) is 9. The molecule has 0 spiro atoms. The Labute approximate surface area is 249 Å². The molecule has 1 aromatic carbocycles. The summed E-state index contributed by atoms with van der Waals surface area (Å²) in [6.07, 6.45) is 4.30. The van der Waals surface area contributed by atoms with Crippen molar-refractivity contribution in [3.8, 4) is 6.07 Å². The fourth-order valence-corrected chi connectivity index (χ4v) is 6.75. The molecule has 42 heavy (non-hydrogen) atoms. The molecular formula is C28H33ClN8O4S. The first-order chi connectivity index (χ1) is 20.2. The van der Waals surface area contributed by atoms with E-state index in [-0.39, 0.29) is 29.1 Å². The summed E-state index contributed by atoms with van der Waals surface area (Å²) in [4.78, 5) is 25.1. The Kier molecular flexibility index (Phi) is 7.87. The van der Waals surface area contributed by atoms with Gasteiger partial charge in [-0.3, -0.25) is 9.52 Å². The van der Waals surface area contributed by atoms with E-state index < -0.39 is 10.0 Å². The van der Waals surface area contributed by atoms with Crippen LogP contribution in [0.1, 0.15) is 47.8 Å². The molecule has 1 amide bonds. The third-order valence-electron chi connectivity index (χ3n) is 8.06. The molecule has 3 aromatic rings. The van der Waals surface area contributed by atoms with Gasteiger partial charge in [0.05, 0.1) is 54.4 Å². The summed E-state index contributed by atoms with van der Waals surface area (Å²) in [6, 6.07) is 10.6. The van der Waals surface area contributed by atoms with Crippen molar-refractivity contribution < 1.29 is 17.9 Å². The molecule has 222 valence electrons. The highest BCUT2D eigenvalue weighted by Gasteiger charge is 2.33. The smallest absolute Gasteiger partial charge is 0.256 e. The van der Waals surface area contributed by atoms with E-state index in [1.165, 1.54) is 12.1 Å². The molecule has 2 atom stereocenters. The molecule has 6 rings (SSSR count). The number of piperidine rings is 1. The molecule has 3 fully saturated rings. The predicted molar refractivity (Wildman–Crippen MR) is 159 cm³/mol. The minimum atomic E-state index is -3.61. The predicted octanol–water partition coefficient (Wildman–Crippen LogP) is 3.31. The molecule has 0 bridgehead atoms. The van der Waals surface area contributed by atoms with Crippen LogP contribution in [0.2, 0.25) is 5.02 Å². The summed E-state index contributed by atoms with van der Waals surface area (Å²) in [5.41, 5.74) is 1.77. The summed E-state index contributed by atoms with van der Waals surface area (Å²) < 4.78 is 33.9. The lowest BCUT2D eigenvalue weighted by atomic mass is 9.98. The van der Waals surface area contributed by atoms with Crippen LogP contribution in [0.3, 0.4) is 0 Å². The Morgan fingerprint density at radius 2 is 1.90 bits per heavy atom. The second-order valence-corrected chi connectivity index (χ2v) is 13.2. The Hall–Kier alpha value is -3.60. The van der Waals surface area contributed by atoms with Crippen molar-refractivity contribution in [2.24, 2.45) is 5.92 Å². The summed E-state index contributed by atoms with van der Waals surface area (Å²) in [5, 5.41) is 14.8. The summed E-state index contributed by atoms with van der Waals surface area (Å²) in [6.45, 7) is 4.56. The molecule has 0 saturated carbocycles. The molecule has 12 nitrogen and oxygen atoms in total. The second kappa shape index (κ2) is 11.6. The van der Waals surface area contributed by atoms with E-state index in [9.17, 15) is 18.5 Å². The van der Waals surface area contributed by atoms with Gasteiger partial charge in [0.1, 0.15) is 11.6 Å². The number of nitrogens with one attached hydrogen (secondary N) is 1. The van der Waals surface area contributed by atoms with Gasteiger partial charge >= 0.3 is 0 Å². The zero-order valence-corrected chi connectivity index (χ0v) is 24.9. The van der Waals surface area contributed by atoms with Gasteiger partial charge < -0.3 is 19.4 Å². The maximum atomic E-state index is 14.0. The van der Waals surface area contributed by atoms with Crippen molar-refractivity contribution in [1.82, 2.24) is 19.5 Å². The third-order valence-corrected chi connectivity index (χ3v) is 8.88. The lowest BCUT2D eigenvalue weighted by molar-refractivity contribution is 0.0607. The number of fused-ring (bicyclic) bond motifs is 1. The monoisotopic (exact) mass is 612 g/mol. The van der Waals surface area contributed by atoms with E-state index in [4.69, 9.17) is 26.4 Å². The van der Waals surface area contributed by atoms with Gasteiger partial charge in [-0.2, -0.15) is 14.9 Å². The molecule has 0 aliphatic carbocycles. The maximum absolute atomic E-state index is 14.0. The number of benzene rings is 1. The number of amides is 1. The van der Waals surface area contributed by atoms with Gasteiger partial charge in [-0.1, -0.05) is 11.6 Å². The fraction of sp³-hybridized carbons (Fsp3) is 0.500. The first-order valence-electron chi connectivity index (χ1n) is 14.2. The standard InChI is InChI=1S/C28H33ClN8O4S/c1-42(39,40)33-22-6-5-20(29)14-21(22)28(38)36-8-3-2-4-24(36)23-15-26-31-25(35-9-7-19(17-30)18-35)16-27(37(26)32-23)34-10-12-41-13-11-34/h5-6,14-16,19,24,33H,2-4,7-13,18H2,1H3/t19-,24-/m0/s1. The molecule has 0 unspecified atom stereocenters. The molecule has 2 aromatic heterocycles. The van der Waals surface area contributed by atoms with Gasteiger partial charge in [0.15, 0.2) is 5.65 Å². The first-order valence-corrected chi connectivity index (χ1v) is 16.4. The fourth-order valence-electron chi connectivity index (χ4n) is 6.00. The van der Waals surface area contributed by atoms with Gasteiger partial charge in [0, 0.05) is 49.9 Å². The van der Waals surface area contributed by atoms with Crippen molar-refractivity contribution >= 4 is 50.5 Å². The van der Waals surface area contributed by atoms with Crippen LogP contribution in [0.25, 0.3) is 5.65 Å². The Balaban J connectivity index is 1.39. The van der Waals surface area contributed by atoms with Crippen LogP contribution in [0.4, 0.5) is 17.3 Å². The van der Waals surface area contributed by atoms with Crippen LogP contribution in [0.15, 0.2) is 30.3 Å². The zero-order chi connectivity index (χ0) is 29.4. The zero-order valence-electron chi connectivity index (χ0n) is 23.4. The number of carbonyl (C=O) groups is 1. The Morgan fingerprint density at radius 1 is 1.10 bits per heavy atom. The van der Waals surface area contributed by atoms with Crippen LogP contribution in [-0.2, 0) is 14.8 Å². The molecule has 1 N–H and O–H groups in total. The van der Waals surface area contributed by atoms with Gasteiger partial charge in [-0.05, 0) is 43.9 Å². The topological polar surface area (TPSA) is 136 Å². The number of likely N-dealkylation sites (tertiary alicyclic amines) is 1. The highest BCUT2D eigenvalue weighted by atomic mass is 35.5. The van der Waals surface area contributed by atoms with Crippen molar-refractivity contribution in [3.63, 3.8) is 0 Å². The molecular weight excluding hydrogens is 580 g/mol. The number of nitrogens with zero attached hydrogens (tertiary/aromatic N) is 7. The molecule has 3 aliphatic heterocycles. The van der Waals surface area contributed by atoms with Crippen molar-refractivity contribution in [3.05, 3.63) is 46.6 Å². The lowest BCUT2D eigenvalue weighted by Crippen LogP contribution is -2.39. The van der Waals surface area contributed by atoms with E-state index >= 15 is 0 Å². The van der Waals surface area contributed by atoms with Gasteiger partial charge in [0.25, 0.3) is 5.91 Å². The number of carbonyl (C=O) groups excluding carboxylic acids is 1. The van der Waals surface area contributed by atoms with Crippen LogP contribution in [0, 0.1) is 17.2 Å². The Bertz CT molecular complexity index is 1650. The summed E-state index contributed by atoms with van der Waals surface area (Å²) >= 11 is 6.25. The molecule has 5 heterocycles.